The molecule has 0 radical (unpaired) electrons. The zero-order valence-corrected chi connectivity index (χ0v) is 39.8. The van der Waals surface area contributed by atoms with Gasteiger partial charge >= 0.3 is 0 Å². The Bertz CT molecular complexity index is 3380. The molecule has 4 saturated heterocycles. The zero-order chi connectivity index (χ0) is 46.3. The van der Waals surface area contributed by atoms with Crippen LogP contribution in [-0.4, -0.2) is 121 Å². The quantitative estimate of drug-likeness (QED) is 0.141. The molecule has 3 unspecified atom stereocenters. The number of rotatable bonds is 10. The molecule has 18 heteroatoms. The average Bonchev–Trinajstić information content (AvgIpc) is 4.18. The van der Waals surface area contributed by atoms with E-state index in [1.807, 2.05) is 59.3 Å². The predicted molar refractivity (Wildman–Crippen MR) is 265 cm³/mol. The molecule has 0 bridgehead atoms. The van der Waals surface area contributed by atoms with E-state index in [0.29, 0.717) is 42.5 Å². The number of sulfone groups is 1. The van der Waals surface area contributed by atoms with Crippen molar-refractivity contribution in [3.05, 3.63) is 83.2 Å². The van der Waals surface area contributed by atoms with Crippen LogP contribution >= 0.6 is 0 Å². The lowest BCUT2D eigenvalue weighted by molar-refractivity contribution is -0.0197. The molecule has 4 aliphatic heterocycles. The molecule has 350 valence electrons. The van der Waals surface area contributed by atoms with Crippen molar-refractivity contribution in [2.75, 3.05) is 71.3 Å². The van der Waals surface area contributed by atoms with Crippen molar-refractivity contribution in [2.45, 2.75) is 78.4 Å². The molecule has 4 aliphatic rings. The Balaban J connectivity index is 0.807. The molecule has 4 fully saturated rings. The van der Waals surface area contributed by atoms with Crippen LogP contribution in [0.15, 0.2) is 60.7 Å². The molecule has 8 aromatic rings. The van der Waals surface area contributed by atoms with Gasteiger partial charge in [-0.15, -0.1) is 0 Å². The van der Waals surface area contributed by atoms with Gasteiger partial charge in [-0.3, -0.25) is 0 Å². The van der Waals surface area contributed by atoms with Gasteiger partial charge in [0.15, 0.2) is 21.1 Å². The van der Waals surface area contributed by atoms with Gasteiger partial charge in [-0.1, -0.05) is 12.1 Å². The summed E-state index contributed by atoms with van der Waals surface area (Å²) in [5, 5.41) is 17.7. The number of aromatic nitrogens is 10. The highest BCUT2D eigenvalue weighted by Crippen LogP contribution is 2.35. The molecule has 0 aliphatic carbocycles. The number of hydrogen-bond donors (Lipinski definition) is 2. The molecule has 6 aromatic heterocycles. The second-order valence-corrected chi connectivity index (χ2v) is 21.7. The maximum atomic E-state index is 12.4. The Kier molecular flexibility index (Phi) is 10.6. The Labute approximate surface area is 394 Å². The van der Waals surface area contributed by atoms with Gasteiger partial charge in [0.1, 0.15) is 46.0 Å². The van der Waals surface area contributed by atoms with Crippen molar-refractivity contribution in [3.63, 3.8) is 0 Å². The van der Waals surface area contributed by atoms with Crippen LogP contribution in [0.25, 0.3) is 56.1 Å². The van der Waals surface area contributed by atoms with Gasteiger partial charge < -0.3 is 25.2 Å². The first-order valence-corrected chi connectivity index (χ1v) is 25.9. The molecule has 4 atom stereocenters. The van der Waals surface area contributed by atoms with Crippen molar-refractivity contribution >= 4 is 66.5 Å². The van der Waals surface area contributed by atoms with Crippen LogP contribution in [0.3, 0.4) is 0 Å². The number of fused-ring (bicyclic) bond motifs is 4. The topological polar surface area (TPSA) is 186 Å². The molecule has 2 aromatic carbocycles. The lowest BCUT2D eigenvalue weighted by atomic mass is 9.92. The third-order valence-corrected chi connectivity index (χ3v) is 16.2. The molecule has 17 nitrogen and oxygen atoms in total. The lowest BCUT2D eigenvalue weighted by Crippen LogP contribution is -2.39. The fourth-order valence-electron chi connectivity index (χ4n) is 10.7. The van der Waals surface area contributed by atoms with Gasteiger partial charge in [0, 0.05) is 75.6 Å². The normalized spacial score (nSPS) is 21.8. The first-order valence-electron chi connectivity index (χ1n) is 24.1. The van der Waals surface area contributed by atoms with E-state index in [2.05, 4.69) is 58.5 Å². The lowest BCUT2D eigenvalue weighted by Gasteiger charge is -2.34. The first kappa shape index (κ1) is 42.8. The number of aryl methyl sites for hydroxylation is 4. The summed E-state index contributed by atoms with van der Waals surface area (Å²) in [6, 6.07) is 20.7. The van der Waals surface area contributed by atoms with Crippen molar-refractivity contribution < 1.29 is 13.2 Å². The highest BCUT2D eigenvalue weighted by atomic mass is 32.2. The maximum Gasteiger partial charge on any atom is 0.160 e. The Morgan fingerprint density at radius 1 is 0.662 bits per heavy atom. The third kappa shape index (κ3) is 8.20. The molecular formula is C50H56N14O3S. The second kappa shape index (κ2) is 16.9. The van der Waals surface area contributed by atoms with E-state index in [4.69, 9.17) is 44.8 Å². The molecule has 68 heavy (non-hydrogen) atoms. The number of benzene rings is 2. The molecule has 0 saturated carbocycles. The Morgan fingerprint density at radius 3 is 1.97 bits per heavy atom. The van der Waals surface area contributed by atoms with Gasteiger partial charge in [0.05, 0.1) is 51.1 Å². The van der Waals surface area contributed by atoms with E-state index in [9.17, 15) is 8.42 Å². The van der Waals surface area contributed by atoms with Crippen LogP contribution in [0.4, 0.5) is 23.3 Å². The minimum atomic E-state index is -3.02. The van der Waals surface area contributed by atoms with Crippen molar-refractivity contribution in [3.8, 4) is 22.8 Å². The molecule has 0 spiro atoms. The molecular weight excluding hydrogens is 877 g/mol. The monoisotopic (exact) mass is 932 g/mol. The van der Waals surface area contributed by atoms with E-state index >= 15 is 0 Å². The highest BCUT2D eigenvalue weighted by Gasteiger charge is 2.36. The highest BCUT2D eigenvalue weighted by molar-refractivity contribution is 7.91. The van der Waals surface area contributed by atoms with Crippen molar-refractivity contribution in [2.24, 2.45) is 11.8 Å². The van der Waals surface area contributed by atoms with Gasteiger partial charge in [-0.25, -0.2) is 38.3 Å². The molecule has 2 N–H and O–H groups in total. The maximum absolute atomic E-state index is 12.4. The van der Waals surface area contributed by atoms with E-state index in [1.54, 1.807) is 0 Å². The number of nitrogens with zero attached hydrogens (tertiary/aromatic N) is 12. The Hall–Kier alpha value is -6.53. The smallest absolute Gasteiger partial charge is 0.160 e. The van der Waals surface area contributed by atoms with Gasteiger partial charge in [0.25, 0.3) is 0 Å². The SMILES string of the molecule is Cc1ccc2nc(-c3cc4nc(N5CCCC5)cc(NC5CCOC(C6CCN(c7cc(NC[C@@H]8CCS(=O)(=O)C8)n8nc(-c9nc%10cc(C)ccc%10nc9C)cc8n7)C6)C5)n4n3)c(C)nc2c1. The predicted octanol–water partition coefficient (Wildman–Crippen LogP) is 7.16. The summed E-state index contributed by atoms with van der Waals surface area (Å²) in [6.45, 7) is 12.9. The minimum absolute atomic E-state index is 0.0256. The minimum Gasteiger partial charge on any atom is -0.378 e. The molecule has 10 heterocycles. The summed E-state index contributed by atoms with van der Waals surface area (Å²) in [5.41, 5.74) is 11.6. The van der Waals surface area contributed by atoms with Crippen LogP contribution in [0.1, 0.15) is 61.0 Å². The summed E-state index contributed by atoms with van der Waals surface area (Å²) in [7, 11) is -3.02. The van der Waals surface area contributed by atoms with Crippen molar-refractivity contribution in [1.29, 1.82) is 0 Å². The summed E-state index contributed by atoms with van der Waals surface area (Å²) < 4.78 is 35.1. The summed E-state index contributed by atoms with van der Waals surface area (Å²) >= 11 is 0. The fourth-order valence-corrected chi connectivity index (χ4v) is 12.6. The van der Waals surface area contributed by atoms with E-state index in [-0.39, 0.29) is 29.6 Å². The van der Waals surface area contributed by atoms with Crippen LogP contribution in [0.2, 0.25) is 0 Å². The van der Waals surface area contributed by atoms with Crippen molar-refractivity contribution in [1.82, 2.24) is 49.1 Å². The van der Waals surface area contributed by atoms with E-state index < -0.39 is 9.84 Å². The standard InChI is InChI=1S/C50H56N14O3S/c1-29-8-10-37-38(19-29)53-32(4)49(55-37)40-23-47-57-44(61-14-5-6-15-61)25-48(64(47)60-40)54-35-12-17-67-42(21-35)34-11-16-62(27-34)45-24-43(51-26-33-13-18-68(65,66)28-33)63-46(58-45)22-41(59-63)50-31(3)52-36-9-7-30(2)20-39(36)56-50/h7-10,19-20,22-25,33-35,42,51,54H,5-6,11-18,21,26-28H2,1-4H3/t33-,34?,35?,42?/m0/s1. The van der Waals surface area contributed by atoms with E-state index in [0.717, 1.165) is 143 Å². The van der Waals surface area contributed by atoms with Crippen LogP contribution < -0.4 is 20.4 Å². The second-order valence-electron chi connectivity index (χ2n) is 19.5. The number of nitrogens with one attached hydrogen (secondary N) is 2. The Morgan fingerprint density at radius 2 is 1.28 bits per heavy atom. The summed E-state index contributed by atoms with van der Waals surface area (Å²) in [6.07, 6.45) is 5.70. The first-order chi connectivity index (χ1) is 32.9. The summed E-state index contributed by atoms with van der Waals surface area (Å²) in [5.74, 6) is 4.23. The van der Waals surface area contributed by atoms with Gasteiger partial charge in [-0.05, 0) is 108 Å². The van der Waals surface area contributed by atoms with Gasteiger partial charge in [0.2, 0.25) is 0 Å². The molecule has 0 amide bonds. The number of hydrogen-bond acceptors (Lipinski definition) is 15. The van der Waals surface area contributed by atoms with Crippen LogP contribution in [0.5, 0.6) is 0 Å². The third-order valence-electron chi connectivity index (χ3n) is 14.4. The number of ether oxygens (including phenoxy) is 1. The fraction of sp³-hybridized carbons (Fsp3) is 0.440. The number of anilines is 4. The van der Waals surface area contributed by atoms with Crippen LogP contribution in [0, 0.1) is 39.5 Å². The largest absolute Gasteiger partial charge is 0.378 e. The average molecular weight is 933 g/mol. The molecule has 12 rings (SSSR count). The summed E-state index contributed by atoms with van der Waals surface area (Å²) in [4.78, 5) is 34.9. The van der Waals surface area contributed by atoms with E-state index in [1.165, 1.54) is 0 Å². The van der Waals surface area contributed by atoms with Gasteiger partial charge in [-0.2, -0.15) is 19.2 Å². The zero-order valence-electron chi connectivity index (χ0n) is 39.0. The van der Waals surface area contributed by atoms with Crippen LogP contribution in [-0.2, 0) is 14.6 Å².